The van der Waals surface area contributed by atoms with Gasteiger partial charge < -0.3 is 14.8 Å². The molecule has 0 spiro atoms. The van der Waals surface area contributed by atoms with E-state index in [-0.39, 0.29) is 12.2 Å². The van der Waals surface area contributed by atoms with Gasteiger partial charge in [0, 0.05) is 36.8 Å². The van der Waals surface area contributed by atoms with Crippen molar-refractivity contribution >= 4 is 12.0 Å². The molecule has 0 aromatic heterocycles. The molecule has 0 atom stereocenters. The molecule has 0 aliphatic carbocycles. The molecule has 15 heavy (non-hydrogen) atoms. The zero-order valence-electron chi connectivity index (χ0n) is 9.23. The van der Waals surface area contributed by atoms with Gasteiger partial charge in [0.05, 0.1) is 0 Å². The van der Waals surface area contributed by atoms with Gasteiger partial charge in [-0.2, -0.15) is 0 Å². The number of carbonyl (C=O) groups is 1. The number of phenols is 1. The molecular weight excluding hydrogens is 190 g/mol. The molecule has 0 heterocycles. The van der Waals surface area contributed by atoms with E-state index in [1.54, 1.807) is 12.1 Å². The third-order valence-electron chi connectivity index (χ3n) is 2.50. The van der Waals surface area contributed by atoms with Crippen molar-refractivity contribution in [3.8, 4) is 5.75 Å². The van der Waals surface area contributed by atoms with Crippen LogP contribution in [0.15, 0.2) is 18.2 Å². The van der Waals surface area contributed by atoms with E-state index in [2.05, 4.69) is 18.7 Å². The maximum absolute atomic E-state index is 10.3. The largest absolute Gasteiger partial charge is 0.508 e. The van der Waals surface area contributed by atoms with Crippen molar-refractivity contribution in [3.63, 3.8) is 0 Å². The Balaban J connectivity index is 2.94. The lowest BCUT2D eigenvalue weighted by Gasteiger charge is -2.21. The van der Waals surface area contributed by atoms with E-state index < -0.39 is 0 Å². The predicted octanol–water partition coefficient (Wildman–Crippen LogP) is 1.98. The third-order valence-corrected chi connectivity index (χ3v) is 2.50. The zero-order chi connectivity index (χ0) is 11.3. The summed E-state index contributed by atoms with van der Waals surface area (Å²) in [7, 11) is 0. The van der Waals surface area contributed by atoms with E-state index in [0.29, 0.717) is 5.56 Å². The van der Waals surface area contributed by atoms with Crippen LogP contribution in [0.2, 0.25) is 0 Å². The van der Waals surface area contributed by atoms with Crippen LogP contribution in [-0.2, 0) is 11.2 Å². The smallest absolute Gasteiger partial charge is 0.124 e. The van der Waals surface area contributed by atoms with E-state index in [4.69, 9.17) is 0 Å². The molecular formula is C12H17NO2. The Bertz CT molecular complexity index is 332. The summed E-state index contributed by atoms with van der Waals surface area (Å²) in [5.74, 6) is 0.200. The van der Waals surface area contributed by atoms with Crippen molar-refractivity contribution in [2.24, 2.45) is 0 Å². The van der Waals surface area contributed by atoms with Gasteiger partial charge in [-0.25, -0.2) is 0 Å². The lowest BCUT2D eigenvalue weighted by atomic mass is 10.1. The number of phenolic OH excluding ortho intramolecular Hbond substituents is 1. The first-order valence-electron chi connectivity index (χ1n) is 5.23. The molecule has 3 nitrogen and oxygen atoms in total. The minimum absolute atomic E-state index is 0.200. The molecule has 1 aromatic carbocycles. The standard InChI is InChI=1S/C12H17NO2/c1-3-13(4-2)11-6-5-10(7-8-14)12(15)9-11/h5-6,8-9,15H,3-4,7H2,1-2H3. The number of benzene rings is 1. The average Bonchev–Trinajstić information content (AvgIpc) is 2.24. The number of aromatic hydroxyl groups is 1. The number of rotatable bonds is 5. The molecule has 0 aliphatic rings. The van der Waals surface area contributed by atoms with E-state index in [1.165, 1.54) is 0 Å². The molecule has 1 aromatic rings. The summed E-state index contributed by atoms with van der Waals surface area (Å²) in [5, 5.41) is 9.68. The molecule has 0 unspecified atom stereocenters. The molecule has 1 N–H and O–H groups in total. The highest BCUT2D eigenvalue weighted by Crippen LogP contribution is 2.24. The summed E-state index contributed by atoms with van der Waals surface area (Å²) in [6.07, 6.45) is 1.07. The Hall–Kier alpha value is -1.51. The van der Waals surface area contributed by atoms with Crippen LogP contribution in [0, 0.1) is 0 Å². The van der Waals surface area contributed by atoms with Crippen LogP contribution in [-0.4, -0.2) is 24.5 Å². The highest BCUT2D eigenvalue weighted by molar-refractivity contribution is 5.61. The lowest BCUT2D eigenvalue weighted by molar-refractivity contribution is -0.107. The van der Waals surface area contributed by atoms with Crippen LogP contribution in [0.5, 0.6) is 5.75 Å². The van der Waals surface area contributed by atoms with Gasteiger partial charge in [0.1, 0.15) is 12.0 Å². The first-order chi connectivity index (χ1) is 7.22. The summed E-state index contributed by atoms with van der Waals surface area (Å²) in [6, 6.07) is 5.45. The van der Waals surface area contributed by atoms with Gasteiger partial charge in [-0.05, 0) is 19.9 Å². The van der Waals surface area contributed by atoms with Crippen molar-refractivity contribution in [3.05, 3.63) is 23.8 Å². The van der Waals surface area contributed by atoms with E-state index in [1.807, 2.05) is 6.07 Å². The summed E-state index contributed by atoms with van der Waals surface area (Å²) in [6.45, 7) is 5.95. The van der Waals surface area contributed by atoms with E-state index in [9.17, 15) is 9.90 Å². The molecule has 0 fully saturated rings. The monoisotopic (exact) mass is 207 g/mol. The third kappa shape index (κ3) is 2.72. The maximum Gasteiger partial charge on any atom is 0.124 e. The molecule has 3 heteroatoms. The Morgan fingerprint density at radius 3 is 2.47 bits per heavy atom. The molecule has 0 aliphatic heterocycles. The van der Waals surface area contributed by atoms with Gasteiger partial charge >= 0.3 is 0 Å². The SMILES string of the molecule is CCN(CC)c1ccc(CC=O)c(O)c1. The van der Waals surface area contributed by atoms with E-state index >= 15 is 0 Å². The van der Waals surface area contributed by atoms with Gasteiger partial charge in [0.2, 0.25) is 0 Å². The normalized spacial score (nSPS) is 10.0. The fourth-order valence-electron chi connectivity index (χ4n) is 1.60. The van der Waals surface area contributed by atoms with Gasteiger partial charge in [-0.15, -0.1) is 0 Å². The summed E-state index contributed by atoms with van der Waals surface area (Å²) < 4.78 is 0. The lowest BCUT2D eigenvalue weighted by Crippen LogP contribution is -2.21. The quantitative estimate of drug-likeness (QED) is 0.750. The second-order valence-corrected chi connectivity index (χ2v) is 3.36. The van der Waals surface area contributed by atoms with Gasteiger partial charge in [0.25, 0.3) is 0 Å². The van der Waals surface area contributed by atoms with Crippen molar-refractivity contribution in [1.29, 1.82) is 0 Å². The van der Waals surface area contributed by atoms with Crippen molar-refractivity contribution < 1.29 is 9.90 Å². The van der Waals surface area contributed by atoms with Crippen LogP contribution < -0.4 is 4.90 Å². The number of carbonyl (C=O) groups excluding carboxylic acids is 1. The minimum Gasteiger partial charge on any atom is -0.508 e. The van der Waals surface area contributed by atoms with Crippen LogP contribution in [0.1, 0.15) is 19.4 Å². The Kier molecular flexibility index (Phi) is 4.16. The molecule has 0 amide bonds. The average molecular weight is 207 g/mol. The fourth-order valence-corrected chi connectivity index (χ4v) is 1.60. The Morgan fingerprint density at radius 1 is 1.33 bits per heavy atom. The minimum atomic E-state index is 0.200. The predicted molar refractivity (Wildman–Crippen MR) is 61.4 cm³/mol. The molecule has 0 radical (unpaired) electrons. The van der Waals surface area contributed by atoms with Crippen LogP contribution in [0.4, 0.5) is 5.69 Å². The highest BCUT2D eigenvalue weighted by Gasteiger charge is 2.05. The van der Waals surface area contributed by atoms with Gasteiger partial charge in [0.15, 0.2) is 0 Å². The topological polar surface area (TPSA) is 40.5 Å². The first kappa shape index (κ1) is 11.6. The Labute approximate surface area is 90.3 Å². The maximum atomic E-state index is 10.3. The first-order valence-corrected chi connectivity index (χ1v) is 5.23. The number of hydrogen-bond acceptors (Lipinski definition) is 3. The van der Waals surface area contributed by atoms with Gasteiger partial charge in [-0.3, -0.25) is 0 Å². The molecule has 1 rings (SSSR count). The summed E-state index contributed by atoms with van der Waals surface area (Å²) >= 11 is 0. The van der Waals surface area contributed by atoms with Crippen LogP contribution in [0.3, 0.4) is 0 Å². The molecule has 0 bridgehead atoms. The number of nitrogens with zero attached hydrogens (tertiary/aromatic N) is 1. The fraction of sp³-hybridized carbons (Fsp3) is 0.417. The van der Waals surface area contributed by atoms with Crippen molar-refractivity contribution in [2.75, 3.05) is 18.0 Å². The van der Waals surface area contributed by atoms with Crippen LogP contribution >= 0.6 is 0 Å². The highest BCUT2D eigenvalue weighted by atomic mass is 16.3. The zero-order valence-corrected chi connectivity index (χ0v) is 9.23. The number of anilines is 1. The molecule has 82 valence electrons. The molecule has 0 saturated heterocycles. The summed E-state index contributed by atoms with van der Waals surface area (Å²) in [5.41, 5.74) is 1.67. The van der Waals surface area contributed by atoms with E-state index in [0.717, 1.165) is 25.1 Å². The molecule has 0 saturated carbocycles. The van der Waals surface area contributed by atoms with Crippen LogP contribution in [0.25, 0.3) is 0 Å². The second-order valence-electron chi connectivity index (χ2n) is 3.36. The van der Waals surface area contributed by atoms with Crippen molar-refractivity contribution in [2.45, 2.75) is 20.3 Å². The second kappa shape index (κ2) is 5.39. The van der Waals surface area contributed by atoms with Gasteiger partial charge in [-0.1, -0.05) is 6.07 Å². The Morgan fingerprint density at radius 2 is 2.00 bits per heavy atom. The van der Waals surface area contributed by atoms with Crippen molar-refractivity contribution in [1.82, 2.24) is 0 Å². The summed E-state index contributed by atoms with van der Waals surface area (Å²) in [4.78, 5) is 12.5. The number of hydrogen-bond donors (Lipinski definition) is 1. The number of aldehydes is 1.